The summed E-state index contributed by atoms with van der Waals surface area (Å²) in [6.07, 6.45) is 2.17. The van der Waals surface area contributed by atoms with E-state index in [1.165, 1.54) is 5.56 Å². The Labute approximate surface area is 96.5 Å². The van der Waals surface area contributed by atoms with Gasteiger partial charge in [-0.25, -0.2) is 0 Å². The van der Waals surface area contributed by atoms with E-state index in [4.69, 9.17) is 15.2 Å². The zero-order chi connectivity index (χ0) is 11.5. The minimum absolute atomic E-state index is 0.00275. The average molecular weight is 221 g/mol. The van der Waals surface area contributed by atoms with Gasteiger partial charge in [0.2, 0.25) is 0 Å². The van der Waals surface area contributed by atoms with E-state index in [0.717, 1.165) is 30.8 Å². The molecule has 0 aliphatic carbocycles. The molecule has 0 fully saturated rings. The molecule has 0 amide bonds. The molecule has 1 aliphatic rings. The van der Waals surface area contributed by atoms with Crippen molar-refractivity contribution in [2.45, 2.75) is 31.9 Å². The van der Waals surface area contributed by atoms with Gasteiger partial charge < -0.3 is 15.2 Å². The van der Waals surface area contributed by atoms with Gasteiger partial charge in [-0.2, -0.15) is 0 Å². The number of fused-ring (bicyclic) bond motifs is 1. The standard InChI is InChI=1S/C13H19NO2/c1-9(15-2)12(14)11-7-3-5-10-6-4-8-16-13(10)11/h3,5,7,9,12H,4,6,8,14H2,1-2H3. The maximum atomic E-state index is 6.17. The van der Waals surface area contributed by atoms with E-state index in [0.29, 0.717) is 0 Å². The Balaban J connectivity index is 2.33. The van der Waals surface area contributed by atoms with Gasteiger partial charge in [0.05, 0.1) is 18.8 Å². The number of aryl methyl sites for hydroxylation is 1. The van der Waals surface area contributed by atoms with Crippen LogP contribution in [0.5, 0.6) is 5.75 Å². The second-order valence-electron chi connectivity index (χ2n) is 4.25. The lowest BCUT2D eigenvalue weighted by molar-refractivity contribution is 0.0943. The summed E-state index contributed by atoms with van der Waals surface area (Å²) in [4.78, 5) is 0. The van der Waals surface area contributed by atoms with Crippen molar-refractivity contribution in [3.05, 3.63) is 29.3 Å². The molecule has 0 saturated carbocycles. The first-order valence-corrected chi connectivity index (χ1v) is 5.77. The minimum Gasteiger partial charge on any atom is -0.493 e. The van der Waals surface area contributed by atoms with Gasteiger partial charge in [-0.15, -0.1) is 0 Å². The summed E-state index contributed by atoms with van der Waals surface area (Å²) in [6.45, 7) is 2.77. The van der Waals surface area contributed by atoms with Crippen molar-refractivity contribution in [2.24, 2.45) is 5.73 Å². The second-order valence-corrected chi connectivity index (χ2v) is 4.25. The smallest absolute Gasteiger partial charge is 0.127 e. The van der Waals surface area contributed by atoms with Crippen molar-refractivity contribution in [3.8, 4) is 5.75 Å². The largest absolute Gasteiger partial charge is 0.493 e. The Morgan fingerprint density at radius 1 is 1.44 bits per heavy atom. The first-order valence-electron chi connectivity index (χ1n) is 5.77. The first kappa shape index (κ1) is 11.4. The summed E-state index contributed by atoms with van der Waals surface area (Å²) in [5.41, 5.74) is 8.50. The molecule has 0 radical (unpaired) electrons. The van der Waals surface area contributed by atoms with Crippen LogP contribution in [0.1, 0.15) is 30.5 Å². The van der Waals surface area contributed by atoms with Crippen molar-refractivity contribution < 1.29 is 9.47 Å². The average Bonchev–Trinajstić information content (AvgIpc) is 2.36. The van der Waals surface area contributed by atoms with E-state index < -0.39 is 0 Å². The SMILES string of the molecule is COC(C)C(N)c1cccc2c1OCCC2. The van der Waals surface area contributed by atoms with Crippen molar-refractivity contribution >= 4 is 0 Å². The van der Waals surface area contributed by atoms with Gasteiger partial charge in [-0.3, -0.25) is 0 Å². The normalized spacial score (nSPS) is 18.4. The first-order chi connectivity index (χ1) is 7.74. The van der Waals surface area contributed by atoms with Gasteiger partial charge in [-0.05, 0) is 25.3 Å². The van der Waals surface area contributed by atoms with Gasteiger partial charge in [0, 0.05) is 12.7 Å². The highest BCUT2D eigenvalue weighted by molar-refractivity contribution is 5.44. The predicted molar refractivity (Wildman–Crippen MR) is 63.7 cm³/mol. The highest BCUT2D eigenvalue weighted by Gasteiger charge is 2.22. The molecule has 3 nitrogen and oxygen atoms in total. The van der Waals surface area contributed by atoms with E-state index >= 15 is 0 Å². The molecule has 3 heteroatoms. The Hall–Kier alpha value is -1.06. The molecule has 2 N–H and O–H groups in total. The van der Waals surface area contributed by atoms with Crippen LogP contribution in [-0.4, -0.2) is 19.8 Å². The molecule has 88 valence electrons. The topological polar surface area (TPSA) is 44.5 Å². The molecule has 1 aromatic carbocycles. The Morgan fingerprint density at radius 3 is 3.00 bits per heavy atom. The van der Waals surface area contributed by atoms with Gasteiger partial charge >= 0.3 is 0 Å². The van der Waals surface area contributed by atoms with Crippen LogP contribution in [0.4, 0.5) is 0 Å². The zero-order valence-corrected chi connectivity index (χ0v) is 9.90. The summed E-state index contributed by atoms with van der Waals surface area (Å²) >= 11 is 0. The highest BCUT2D eigenvalue weighted by atomic mass is 16.5. The third-order valence-corrected chi connectivity index (χ3v) is 3.20. The monoisotopic (exact) mass is 221 g/mol. The quantitative estimate of drug-likeness (QED) is 0.849. The van der Waals surface area contributed by atoms with Gasteiger partial charge in [-0.1, -0.05) is 18.2 Å². The van der Waals surface area contributed by atoms with Crippen LogP contribution >= 0.6 is 0 Å². The molecular formula is C13H19NO2. The number of hydrogen-bond acceptors (Lipinski definition) is 3. The molecule has 2 atom stereocenters. The Morgan fingerprint density at radius 2 is 2.25 bits per heavy atom. The van der Waals surface area contributed by atoms with E-state index in [2.05, 4.69) is 6.07 Å². The number of nitrogens with two attached hydrogens (primary N) is 1. The second kappa shape index (κ2) is 4.85. The fourth-order valence-electron chi connectivity index (χ4n) is 2.08. The van der Waals surface area contributed by atoms with Crippen molar-refractivity contribution in [1.82, 2.24) is 0 Å². The lowest BCUT2D eigenvalue weighted by Gasteiger charge is -2.25. The number of methoxy groups -OCH3 is 1. The molecule has 0 aromatic heterocycles. The third-order valence-electron chi connectivity index (χ3n) is 3.20. The van der Waals surface area contributed by atoms with Crippen LogP contribution in [0.25, 0.3) is 0 Å². The number of benzene rings is 1. The molecule has 16 heavy (non-hydrogen) atoms. The van der Waals surface area contributed by atoms with Crippen LogP contribution in [0.15, 0.2) is 18.2 Å². The van der Waals surface area contributed by atoms with Gasteiger partial charge in [0.15, 0.2) is 0 Å². The van der Waals surface area contributed by atoms with E-state index in [9.17, 15) is 0 Å². The predicted octanol–water partition coefficient (Wildman–Crippen LogP) is 2.05. The molecular weight excluding hydrogens is 202 g/mol. The van der Waals surface area contributed by atoms with Crippen LogP contribution < -0.4 is 10.5 Å². The maximum absolute atomic E-state index is 6.17. The summed E-state index contributed by atoms with van der Waals surface area (Å²) in [5.74, 6) is 0.977. The molecule has 1 aliphatic heterocycles. The van der Waals surface area contributed by atoms with Gasteiger partial charge in [0.25, 0.3) is 0 Å². The number of ether oxygens (including phenoxy) is 2. The molecule has 0 bridgehead atoms. The highest BCUT2D eigenvalue weighted by Crippen LogP contribution is 2.33. The van der Waals surface area contributed by atoms with E-state index in [1.807, 2.05) is 19.1 Å². The lowest BCUT2D eigenvalue weighted by Crippen LogP contribution is -2.26. The number of hydrogen-bond donors (Lipinski definition) is 1. The van der Waals surface area contributed by atoms with Crippen molar-refractivity contribution in [3.63, 3.8) is 0 Å². The Bertz CT molecular complexity index is 365. The lowest BCUT2D eigenvalue weighted by atomic mass is 9.96. The van der Waals surface area contributed by atoms with Crippen molar-refractivity contribution in [1.29, 1.82) is 0 Å². The number of rotatable bonds is 3. The fourth-order valence-corrected chi connectivity index (χ4v) is 2.08. The summed E-state index contributed by atoms with van der Waals surface area (Å²) < 4.78 is 11.0. The third kappa shape index (κ3) is 2.06. The molecule has 1 aromatic rings. The molecule has 1 heterocycles. The van der Waals surface area contributed by atoms with Crippen LogP contribution in [0.3, 0.4) is 0 Å². The summed E-state index contributed by atoms with van der Waals surface area (Å²) in [5, 5.41) is 0. The van der Waals surface area contributed by atoms with E-state index in [1.54, 1.807) is 7.11 Å². The molecule has 0 saturated heterocycles. The van der Waals surface area contributed by atoms with Gasteiger partial charge in [0.1, 0.15) is 5.75 Å². The van der Waals surface area contributed by atoms with Crippen LogP contribution in [0.2, 0.25) is 0 Å². The van der Waals surface area contributed by atoms with Crippen LogP contribution in [-0.2, 0) is 11.2 Å². The minimum atomic E-state index is -0.127. The van der Waals surface area contributed by atoms with Crippen molar-refractivity contribution in [2.75, 3.05) is 13.7 Å². The fraction of sp³-hybridized carbons (Fsp3) is 0.538. The Kier molecular flexibility index (Phi) is 3.46. The maximum Gasteiger partial charge on any atom is 0.127 e. The molecule has 0 spiro atoms. The van der Waals surface area contributed by atoms with Crippen LogP contribution in [0, 0.1) is 0 Å². The van der Waals surface area contributed by atoms with E-state index in [-0.39, 0.29) is 12.1 Å². The molecule has 2 unspecified atom stereocenters. The summed E-state index contributed by atoms with van der Waals surface area (Å²) in [7, 11) is 1.68. The zero-order valence-electron chi connectivity index (χ0n) is 9.90. The number of para-hydroxylation sites is 1. The summed E-state index contributed by atoms with van der Waals surface area (Å²) in [6, 6.07) is 6.07. The molecule has 2 rings (SSSR count).